The Kier molecular flexibility index (Phi) is 6.84. The van der Waals surface area contributed by atoms with E-state index in [-0.39, 0.29) is 48.0 Å². The van der Waals surface area contributed by atoms with E-state index in [2.05, 4.69) is 4.99 Å². The van der Waals surface area contributed by atoms with Crippen LogP contribution in [0.3, 0.4) is 0 Å². The molecular weight excluding hydrogens is 416 g/mol. The number of amidine groups is 1. The fourth-order valence-corrected chi connectivity index (χ4v) is 7.49. The van der Waals surface area contributed by atoms with Gasteiger partial charge in [-0.1, -0.05) is 23.9 Å². The minimum absolute atomic E-state index is 0.0658. The SMILES string of the molecule is COc1ccc(CCN2C(=NC(=O)CCCC(=O)O)S[C@@H]3CS(=O)(=O)C[C@@H]32)cc1. The highest BCUT2D eigenvalue weighted by molar-refractivity contribution is 8.15. The normalized spacial score (nSPS) is 23.9. The van der Waals surface area contributed by atoms with Crippen molar-refractivity contribution < 1.29 is 27.9 Å². The lowest BCUT2D eigenvalue weighted by atomic mass is 10.1. The van der Waals surface area contributed by atoms with Crippen molar-refractivity contribution in [1.29, 1.82) is 0 Å². The predicted molar refractivity (Wildman–Crippen MR) is 111 cm³/mol. The van der Waals surface area contributed by atoms with Crippen molar-refractivity contribution in [1.82, 2.24) is 4.90 Å². The molecule has 1 N–H and O–H groups in total. The Bertz CT molecular complexity index is 898. The molecule has 1 aromatic carbocycles. The van der Waals surface area contributed by atoms with Gasteiger partial charge in [0.25, 0.3) is 0 Å². The Morgan fingerprint density at radius 2 is 1.97 bits per heavy atom. The van der Waals surface area contributed by atoms with Crippen LogP contribution < -0.4 is 4.74 Å². The van der Waals surface area contributed by atoms with E-state index in [0.717, 1.165) is 11.3 Å². The molecule has 2 heterocycles. The van der Waals surface area contributed by atoms with Crippen LogP contribution in [0.4, 0.5) is 0 Å². The number of nitrogens with zero attached hydrogens (tertiary/aromatic N) is 2. The molecule has 2 fully saturated rings. The molecule has 158 valence electrons. The summed E-state index contributed by atoms with van der Waals surface area (Å²) in [6.45, 7) is 0.553. The Balaban J connectivity index is 1.70. The summed E-state index contributed by atoms with van der Waals surface area (Å²) in [4.78, 5) is 28.9. The van der Waals surface area contributed by atoms with Gasteiger partial charge in [-0.3, -0.25) is 9.59 Å². The number of rotatable bonds is 8. The third-order valence-electron chi connectivity index (χ3n) is 4.98. The zero-order chi connectivity index (χ0) is 21.0. The lowest BCUT2D eigenvalue weighted by Crippen LogP contribution is -2.39. The number of sulfone groups is 1. The molecule has 10 heteroatoms. The van der Waals surface area contributed by atoms with Crippen LogP contribution in [0.5, 0.6) is 5.75 Å². The number of carboxylic acids is 1. The Morgan fingerprint density at radius 3 is 2.62 bits per heavy atom. The average Bonchev–Trinajstić information content (AvgIpc) is 3.11. The molecule has 0 spiro atoms. The van der Waals surface area contributed by atoms with Crippen molar-refractivity contribution in [3.05, 3.63) is 29.8 Å². The number of aliphatic imine (C=N–C) groups is 1. The number of hydrogen-bond donors (Lipinski definition) is 1. The van der Waals surface area contributed by atoms with Crippen LogP contribution in [-0.2, 0) is 25.8 Å². The number of thioether (sulfide) groups is 1. The standard InChI is InChI=1S/C19H24N2O6S2/c1-27-14-7-5-13(6-8-14)9-10-21-15-11-29(25,26)12-16(15)28-19(21)20-17(22)3-2-4-18(23)24/h5-8,15-16H,2-4,9-12H2,1H3,(H,23,24)/t15-,16+/m0/s1. The zero-order valence-electron chi connectivity index (χ0n) is 16.1. The van der Waals surface area contributed by atoms with Crippen LogP contribution in [0.25, 0.3) is 0 Å². The van der Waals surface area contributed by atoms with Gasteiger partial charge in [-0.25, -0.2) is 8.42 Å². The van der Waals surface area contributed by atoms with Crippen molar-refractivity contribution in [3.63, 3.8) is 0 Å². The minimum atomic E-state index is -3.09. The van der Waals surface area contributed by atoms with Gasteiger partial charge >= 0.3 is 5.97 Å². The van der Waals surface area contributed by atoms with Gasteiger partial charge in [-0.15, -0.1) is 0 Å². The second-order valence-electron chi connectivity index (χ2n) is 7.13. The fraction of sp³-hybridized carbons (Fsp3) is 0.526. The third-order valence-corrected chi connectivity index (χ3v) is 8.22. The number of amides is 1. The smallest absolute Gasteiger partial charge is 0.303 e. The Labute approximate surface area is 174 Å². The molecule has 29 heavy (non-hydrogen) atoms. The highest BCUT2D eigenvalue weighted by atomic mass is 32.2. The Hall–Kier alpha value is -2.07. The molecule has 0 aromatic heterocycles. The third kappa shape index (κ3) is 5.72. The molecule has 2 saturated heterocycles. The molecule has 1 amide bonds. The second-order valence-corrected chi connectivity index (χ2v) is 10.5. The molecule has 0 unspecified atom stereocenters. The van der Waals surface area contributed by atoms with Crippen LogP contribution >= 0.6 is 11.8 Å². The molecule has 0 bridgehead atoms. The van der Waals surface area contributed by atoms with Gasteiger partial charge in [0.2, 0.25) is 5.91 Å². The number of carboxylic acid groups (broad SMARTS) is 1. The van der Waals surface area contributed by atoms with Crippen LogP contribution in [0.1, 0.15) is 24.8 Å². The molecular formula is C19H24N2O6S2. The number of ether oxygens (including phenoxy) is 1. The lowest BCUT2D eigenvalue weighted by Gasteiger charge is -2.24. The molecule has 2 atom stereocenters. The number of hydrogen-bond acceptors (Lipinski definition) is 6. The molecule has 8 nitrogen and oxygen atoms in total. The molecule has 2 aliphatic rings. The summed E-state index contributed by atoms with van der Waals surface area (Å²) in [5.74, 6) is -0.387. The molecule has 2 aliphatic heterocycles. The minimum Gasteiger partial charge on any atom is -0.497 e. The first kappa shape index (κ1) is 21.6. The van der Waals surface area contributed by atoms with Gasteiger partial charge in [0.1, 0.15) is 5.75 Å². The van der Waals surface area contributed by atoms with E-state index >= 15 is 0 Å². The van der Waals surface area contributed by atoms with Crippen LogP contribution in [-0.4, -0.2) is 71.9 Å². The molecule has 0 aliphatic carbocycles. The number of aliphatic carboxylic acids is 1. The zero-order valence-corrected chi connectivity index (χ0v) is 17.7. The molecule has 0 radical (unpaired) electrons. The number of methoxy groups -OCH3 is 1. The average molecular weight is 441 g/mol. The quantitative estimate of drug-likeness (QED) is 0.648. The van der Waals surface area contributed by atoms with Crippen LogP contribution in [0, 0.1) is 0 Å². The maximum absolute atomic E-state index is 12.2. The van der Waals surface area contributed by atoms with E-state index in [1.165, 1.54) is 11.8 Å². The van der Waals surface area contributed by atoms with Gasteiger partial charge in [-0.2, -0.15) is 4.99 Å². The maximum Gasteiger partial charge on any atom is 0.303 e. The maximum atomic E-state index is 12.2. The van der Waals surface area contributed by atoms with Gasteiger partial charge < -0.3 is 14.7 Å². The van der Waals surface area contributed by atoms with E-state index in [1.807, 2.05) is 29.2 Å². The van der Waals surface area contributed by atoms with E-state index in [9.17, 15) is 18.0 Å². The summed E-state index contributed by atoms with van der Waals surface area (Å²) < 4.78 is 29.3. The summed E-state index contributed by atoms with van der Waals surface area (Å²) in [7, 11) is -1.49. The van der Waals surface area contributed by atoms with Crippen molar-refractivity contribution in [2.24, 2.45) is 4.99 Å². The van der Waals surface area contributed by atoms with E-state index in [4.69, 9.17) is 9.84 Å². The van der Waals surface area contributed by atoms with Crippen molar-refractivity contribution in [2.45, 2.75) is 37.0 Å². The van der Waals surface area contributed by atoms with Gasteiger partial charge in [-0.05, 0) is 30.5 Å². The number of carbonyl (C=O) groups is 2. The van der Waals surface area contributed by atoms with E-state index in [0.29, 0.717) is 18.1 Å². The predicted octanol–water partition coefficient (Wildman–Crippen LogP) is 1.59. The fourth-order valence-electron chi connectivity index (χ4n) is 3.49. The van der Waals surface area contributed by atoms with E-state index in [1.54, 1.807) is 7.11 Å². The number of carbonyl (C=O) groups excluding carboxylic acids is 1. The first-order chi connectivity index (χ1) is 13.8. The van der Waals surface area contributed by atoms with Gasteiger partial charge in [0.05, 0.1) is 24.7 Å². The number of fused-ring (bicyclic) bond motifs is 1. The summed E-state index contributed by atoms with van der Waals surface area (Å²) >= 11 is 1.34. The van der Waals surface area contributed by atoms with Crippen LogP contribution in [0.2, 0.25) is 0 Å². The number of benzene rings is 1. The van der Waals surface area contributed by atoms with E-state index < -0.39 is 15.8 Å². The van der Waals surface area contributed by atoms with Crippen molar-refractivity contribution in [3.8, 4) is 5.75 Å². The first-order valence-electron chi connectivity index (χ1n) is 9.37. The highest BCUT2D eigenvalue weighted by Crippen LogP contribution is 2.38. The highest BCUT2D eigenvalue weighted by Gasteiger charge is 2.48. The monoisotopic (exact) mass is 440 g/mol. The molecule has 1 aromatic rings. The largest absolute Gasteiger partial charge is 0.497 e. The summed E-state index contributed by atoms with van der Waals surface area (Å²) in [5, 5.41) is 9.12. The summed E-state index contributed by atoms with van der Waals surface area (Å²) in [6, 6.07) is 7.47. The Morgan fingerprint density at radius 1 is 1.24 bits per heavy atom. The van der Waals surface area contributed by atoms with Gasteiger partial charge in [0.15, 0.2) is 15.0 Å². The topological polar surface area (TPSA) is 113 Å². The second kappa shape index (κ2) is 9.17. The summed E-state index contributed by atoms with van der Waals surface area (Å²) in [6.07, 6.45) is 0.910. The molecule has 0 saturated carbocycles. The van der Waals surface area contributed by atoms with Crippen LogP contribution in [0.15, 0.2) is 29.3 Å². The lowest BCUT2D eigenvalue weighted by molar-refractivity contribution is -0.137. The van der Waals surface area contributed by atoms with Gasteiger partial charge in [0, 0.05) is 24.6 Å². The summed E-state index contributed by atoms with van der Waals surface area (Å²) in [5.41, 5.74) is 1.08. The molecule has 3 rings (SSSR count). The first-order valence-corrected chi connectivity index (χ1v) is 12.1. The van der Waals surface area contributed by atoms with Crippen molar-refractivity contribution in [2.75, 3.05) is 25.2 Å². The van der Waals surface area contributed by atoms with Crippen molar-refractivity contribution >= 4 is 38.6 Å².